The smallest absolute Gasteiger partial charge is 0.203 e. The Hall–Kier alpha value is -1.46. The standard InChI is InChI=1S/C16H25NO4/c1-16(8-5-9-21-16)11-17-10-12-6-7-13(18-2)15(20-4)14(12)19-3/h6-7,17H,5,8-11H2,1-4H3. The summed E-state index contributed by atoms with van der Waals surface area (Å²) >= 11 is 0. The van der Waals surface area contributed by atoms with Crippen LogP contribution in [0.2, 0.25) is 0 Å². The lowest BCUT2D eigenvalue weighted by molar-refractivity contribution is 0.0206. The zero-order valence-corrected chi connectivity index (χ0v) is 13.3. The van der Waals surface area contributed by atoms with Crippen molar-refractivity contribution in [3.05, 3.63) is 17.7 Å². The molecule has 0 saturated carbocycles. The van der Waals surface area contributed by atoms with Gasteiger partial charge in [-0.3, -0.25) is 0 Å². The molecule has 21 heavy (non-hydrogen) atoms. The SMILES string of the molecule is COc1ccc(CNCC2(C)CCCO2)c(OC)c1OC. The minimum Gasteiger partial charge on any atom is -0.493 e. The van der Waals surface area contributed by atoms with Crippen LogP contribution in [0.3, 0.4) is 0 Å². The zero-order valence-electron chi connectivity index (χ0n) is 13.3. The fourth-order valence-electron chi connectivity index (χ4n) is 2.74. The fourth-order valence-corrected chi connectivity index (χ4v) is 2.74. The van der Waals surface area contributed by atoms with Crippen LogP contribution < -0.4 is 19.5 Å². The van der Waals surface area contributed by atoms with Crippen LogP contribution in [-0.4, -0.2) is 40.1 Å². The van der Waals surface area contributed by atoms with E-state index in [-0.39, 0.29) is 5.60 Å². The highest BCUT2D eigenvalue weighted by atomic mass is 16.5. The van der Waals surface area contributed by atoms with Crippen LogP contribution >= 0.6 is 0 Å². The Balaban J connectivity index is 2.05. The molecule has 0 spiro atoms. The monoisotopic (exact) mass is 295 g/mol. The van der Waals surface area contributed by atoms with Gasteiger partial charge in [-0.1, -0.05) is 6.07 Å². The van der Waals surface area contributed by atoms with Crippen LogP contribution in [-0.2, 0) is 11.3 Å². The summed E-state index contributed by atoms with van der Waals surface area (Å²) in [5.41, 5.74) is 0.987. The zero-order chi connectivity index (χ0) is 15.3. The van der Waals surface area contributed by atoms with Gasteiger partial charge in [-0.2, -0.15) is 0 Å². The van der Waals surface area contributed by atoms with E-state index in [4.69, 9.17) is 18.9 Å². The second-order valence-corrected chi connectivity index (χ2v) is 5.50. The van der Waals surface area contributed by atoms with E-state index in [0.717, 1.165) is 31.6 Å². The molecule has 1 aromatic carbocycles. The van der Waals surface area contributed by atoms with Gasteiger partial charge in [-0.25, -0.2) is 0 Å². The van der Waals surface area contributed by atoms with Crippen LogP contribution in [0.5, 0.6) is 17.2 Å². The molecule has 1 aliphatic rings. The van der Waals surface area contributed by atoms with Crippen LogP contribution in [0.15, 0.2) is 12.1 Å². The van der Waals surface area contributed by atoms with Gasteiger partial charge in [0, 0.05) is 25.3 Å². The maximum Gasteiger partial charge on any atom is 0.203 e. The number of benzene rings is 1. The second kappa shape index (κ2) is 7.00. The van der Waals surface area contributed by atoms with Gasteiger partial charge < -0.3 is 24.3 Å². The van der Waals surface area contributed by atoms with E-state index < -0.39 is 0 Å². The molecule has 0 aliphatic carbocycles. The van der Waals surface area contributed by atoms with Crippen LogP contribution in [0.4, 0.5) is 0 Å². The summed E-state index contributed by atoms with van der Waals surface area (Å²) in [6, 6.07) is 3.89. The highest BCUT2D eigenvalue weighted by Gasteiger charge is 2.29. The average Bonchev–Trinajstić information content (AvgIpc) is 2.93. The van der Waals surface area contributed by atoms with E-state index in [1.165, 1.54) is 0 Å². The van der Waals surface area contributed by atoms with Crippen molar-refractivity contribution in [2.75, 3.05) is 34.5 Å². The Morgan fingerprint density at radius 3 is 2.48 bits per heavy atom. The van der Waals surface area contributed by atoms with Crippen LogP contribution in [0.25, 0.3) is 0 Å². The minimum absolute atomic E-state index is 0.0518. The third-order valence-corrected chi connectivity index (χ3v) is 3.90. The summed E-state index contributed by atoms with van der Waals surface area (Å²) in [6.07, 6.45) is 2.24. The fraction of sp³-hybridized carbons (Fsp3) is 0.625. The van der Waals surface area contributed by atoms with Crippen molar-refractivity contribution in [2.24, 2.45) is 0 Å². The van der Waals surface area contributed by atoms with Gasteiger partial charge in [0.2, 0.25) is 5.75 Å². The van der Waals surface area contributed by atoms with Crippen molar-refractivity contribution in [1.29, 1.82) is 0 Å². The molecule has 0 amide bonds. The number of ether oxygens (including phenoxy) is 4. The highest BCUT2D eigenvalue weighted by molar-refractivity contribution is 5.55. The first-order chi connectivity index (χ1) is 10.1. The van der Waals surface area contributed by atoms with Crippen molar-refractivity contribution >= 4 is 0 Å². The number of rotatable bonds is 7. The van der Waals surface area contributed by atoms with Crippen molar-refractivity contribution in [1.82, 2.24) is 5.32 Å². The number of hydrogen-bond acceptors (Lipinski definition) is 5. The third-order valence-electron chi connectivity index (χ3n) is 3.90. The van der Waals surface area contributed by atoms with Crippen molar-refractivity contribution in [3.8, 4) is 17.2 Å². The van der Waals surface area contributed by atoms with Gasteiger partial charge >= 0.3 is 0 Å². The van der Waals surface area contributed by atoms with E-state index in [0.29, 0.717) is 23.8 Å². The topological polar surface area (TPSA) is 49.0 Å². The van der Waals surface area contributed by atoms with E-state index in [1.54, 1.807) is 21.3 Å². The van der Waals surface area contributed by atoms with Crippen molar-refractivity contribution in [3.63, 3.8) is 0 Å². The first-order valence-electron chi connectivity index (χ1n) is 7.26. The molecule has 5 nitrogen and oxygen atoms in total. The summed E-state index contributed by atoms with van der Waals surface area (Å²) in [7, 11) is 4.88. The molecule has 5 heteroatoms. The van der Waals surface area contributed by atoms with Gasteiger partial charge in [0.15, 0.2) is 11.5 Å². The molecule has 118 valence electrons. The number of hydrogen-bond donors (Lipinski definition) is 1. The third kappa shape index (κ3) is 3.60. The molecule has 1 saturated heterocycles. The average molecular weight is 295 g/mol. The second-order valence-electron chi connectivity index (χ2n) is 5.50. The molecule has 1 N–H and O–H groups in total. The minimum atomic E-state index is -0.0518. The maximum atomic E-state index is 5.78. The molecular formula is C16H25NO4. The molecule has 1 aliphatic heterocycles. The Labute approximate surface area is 126 Å². The van der Waals surface area contributed by atoms with Crippen molar-refractivity contribution in [2.45, 2.75) is 31.9 Å². The Kier molecular flexibility index (Phi) is 5.31. The molecule has 0 aromatic heterocycles. The van der Waals surface area contributed by atoms with Gasteiger partial charge in [-0.05, 0) is 25.8 Å². The van der Waals surface area contributed by atoms with Gasteiger partial charge in [0.05, 0.1) is 26.9 Å². The molecule has 2 rings (SSSR count). The molecular weight excluding hydrogens is 270 g/mol. The summed E-state index contributed by atoms with van der Waals surface area (Å²) in [5.74, 6) is 2.01. The first-order valence-corrected chi connectivity index (χ1v) is 7.26. The van der Waals surface area contributed by atoms with Gasteiger partial charge in [-0.15, -0.1) is 0 Å². The summed E-state index contributed by atoms with van der Waals surface area (Å²) in [5, 5.41) is 3.45. The van der Waals surface area contributed by atoms with Crippen molar-refractivity contribution < 1.29 is 18.9 Å². The summed E-state index contributed by atoms with van der Waals surface area (Å²) in [4.78, 5) is 0. The maximum absolute atomic E-state index is 5.78. The highest BCUT2D eigenvalue weighted by Crippen LogP contribution is 2.39. The molecule has 1 fully saturated rings. The van der Waals surface area contributed by atoms with E-state index in [9.17, 15) is 0 Å². The number of nitrogens with one attached hydrogen (secondary N) is 1. The van der Waals surface area contributed by atoms with Gasteiger partial charge in [0.1, 0.15) is 0 Å². The Morgan fingerprint density at radius 2 is 1.90 bits per heavy atom. The van der Waals surface area contributed by atoms with E-state index in [2.05, 4.69) is 12.2 Å². The lowest BCUT2D eigenvalue weighted by Gasteiger charge is -2.24. The Bertz CT molecular complexity index is 470. The van der Waals surface area contributed by atoms with E-state index in [1.807, 2.05) is 12.1 Å². The molecule has 0 bridgehead atoms. The van der Waals surface area contributed by atoms with Crippen LogP contribution in [0.1, 0.15) is 25.3 Å². The quantitative estimate of drug-likeness (QED) is 0.837. The molecule has 1 aromatic rings. The van der Waals surface area contributed by atoms with Crippen LogP contribution in [0, 0.1) is 0 Å². The largest absolute Gasteiger partial charge is 0.493 e. The molecule has 0 radical (unpaired) electrons. The summed E-state index contributed by atoms with van der Waals surface area (Å²) in [6.45, 7) is 4.53. The predicted molar refractivity (Wildman–Crippen MR) is 81.4 cm³/mol. The lowest BCUT2D eigenvalue weighted by Crippen LogP contribution is -2.36. The molecule has 1 heterocycles. The van der Waals surface area contributed by atoms with Gasteiger partial charge in [0.25, 0.3) is 0 Å². The number of methoxy groups -OCH3 is 3. The molecule has 1 unspecified atom stereocenters. The lowest BCUT2D eigenvalue weighted by atomic mass is 10.0. The molecule has 1 atom stereocenters. The first kappa shape index (κ1) is 15.9. The Morgan fingerprint density at radius 1 is 1.14 bits per heavy atom. The predicted octanol–water partition coefficient (Wildman–Crippen LogP) is 2.37. The normalized spacial score (nSPS) is 21.3. The summed E-state index contributed by atoms with van der Waals surface area (Å²) < 4.78 is 21.9. The van der Waals surface area contributed by atoms with E-state index >= 15 is 0 Å².